The van der Waals surface area contributed by atoms with Crippen molar-refractivity contribution in [2.24, 2.45) is 5.41 Å². The van der Waals surface area contributed by atoms with Gasteiger partial charge in [0, 0.05) is 56.1 Å². The van der Waals surface area contributed by atoms with E-state index in [1.807, 2.05) is 39.2 Å². The number of pyridine rings is 1. The molecule has 1 saturated heterocycles. The van der Waals surface area contributed by atoms with Crippen LogP contribution < -0.4 is 15.0 Å². The fourth-order valence-corrected chi connectivity index (χ4v) is 3.29. The van der Waals surface area contributed by atoms with E-state index in [-0.39, 0.29) is 11.3 Å². The summed E-state index contributed by atoms with van der Waals surface area (Å²) in [7, 11) is 4.02. The average molecular weight is 377 g/mol. The van der Waals surface area contributed by atoms with Gasteiger partial charge in [0.25, 0.3) is 0 Å². The van der Waals surface area contributed by atoms with Gasteiger partial charge in [0.05, 0.1) is 17.8 Å². The second-order valence-corrected chi connectivity index (χ2v) is 7.73. The maximum atomic E-state index is 11.6. The summed E-state index contributed by atoms with van der Waals surface area (Å²) in [6, 6.07) is 10.1. The minimum atomic E-state index is -0.253. The Balaban J connectivity index is 1.68. The molecule has 0 unspecified atom stereocenters. The zero-order valence-electron chi connectivity index (χ0n) is 16.3. The number of rotatable bonds is 5. The monoisotopic (exact) mass is 377 g/mol. The fourth-order valence-electron chi connectivity index (χ4n) is 3.29. The van der Waals surface area contributed by atoms with E-state index in [4.69, 9.17) is 9.72 Å². The Hall–Kier alpha value is -3.22. The lowest BCUT2D eigenvalue weighted by atomic mass is 9.91. The molecule has 0 bridgehead atoms. The third kappa shape index (κ3) is 3.60. The number of fused-ring (bicyclic) bond motifs is 1. The van der Waals surface area contributed by atoms with E-state index in [1.165, 1.54) is 0 Å². The highest BCUT2D eigenvalue weighted by Crippen LogP contribution is 2.31. The Morgan fingerprint density at radius 3 is 2.61 bits per heavy atom. The summed E-state index contributed by atoms with van der Waals surface area (Å²) in [6.45, 7) is 3.01. The second kappa shape index (κ2) is 7.07. The fraction of sp³-hybridized carbons (Fsp3) is 0.333. The minimum absolute atomic E-state index is 0.0541. The molecule has 4 rings (SSSR count). The summed E-state index contributed by atoms with van der Waals surface area (Å²) in [5, 5.41) is 2.86. The predicted octanol–water partition coefficient (Wildman–Crippen LogP) is 2.66. The van der Waals surface area contributed by atoms with Crippen molar-refractivity contribution in [1.29, 1.82) is 0 Å². The number of nitrogens with zero attached hydrogens (tertiary/aromatic N) is 4. The van der Waals surface area contributed by atoms with Gasteiger partial charge in [-0.1, -0.05) is 19.1 Å². The quantitative estimate of drug-likeness (QED) is 0.736. The van der Waals surface area contributed by atoms with Gasteiger partial charge < -0.3 is 15.0 Å². The highest BCUT2D eigenvalue weighted by molar-refractivity contribution is 5.83. The van der Waals surface area contributed by atoms with Gasteiger partial charge >= 0.3 is 0 Å². The first-order chi connectivity index (χ1) is 13.4. The van der Waals surface area contributed by atoms with Crippen molar-refractivity contribution >= 4 is 22.6 Å². The highest BCUT2D eigenvalue weighted by Gasteiger charge is 2.35. The van der Waals surface area contributed by atoms with Crippen molar-refractivity contribution in [2.45, 2.75) is 13.3 Å². The number of carbonyl (C=O) groups excluding carboxylic acids is 1. The van der Waals surface area contributed by atoms with E-state index in [9.17, 15) is 4.79 Å². The van der Waals surface area contributed by atoms with E-state index in [0.29, 0.717) is 31.0 Å². The van der Waals surface area contributed by atoms with Crippen LogP contribution in [0.15, 0.2) is 42.7 Å². The van der Waals surface area contributed by atoms with Crippen LogP contribution in [0.1, 0.15) is 13.3 Å². The van der Waals surface area contributed by atoms with Crippen molar-refractivity contribution in [1.82, 2.24) is 20.3 Å². The molecule has 3 aromatic rings. The van der Waals surface area contributed by atoms with Gasteiger partial charge in [-0.3, -0.25) is 9.78 Å². The van der Waals surface area contributed by atoms with E-state index >= 15 is 0 Å². The maximum Gasteiger partial charge on any atom is 0.242 e. The summed E-state index contributed by atoms with van der Waals surface area (Å²) in [5.41, 5.74) is 3.97. The van der Waals surface area contributed by atoms with Gasteiger partial charge in [-0.25, -0.2) is 9.97 Å². The molecule has 1 amide bonds. The standard InChI is InChI=1S/C21H23N5O2/c1-21(11-18(27)24-12-21)13-28-20-19-17(22-8-9-23-19)10-16(25-20)14-4-6-15(7-5-14)26(2)3/h4-10H,11-13H2,1-3H3,(H,24,27)/t21-/m0/s1. The lowest BCUT2D eigenvalue weighted by Gasteiger charge is -2.21. The summed E-state index contributed by atoms with van der Waals surface area (Å²) in [5.74, 6) is 0.497. The van der Waals surface area contributed by atoms with Gasteiger partial charge in [-0.2, -0.15) is 0 Å². The lowest BCUT2D eigenvalue weighted by Crippen LogP contribution is -2.27. The number of anilines is 1. The molecule has 28 heavy (non-hydrogen) atoms. The number of carbonyl (C=O) groups is 1. The molecule has 3 heterocycles. The third-order valence-electron chi connectivity index (χ3n) is 4.96. The molecule has 1 aliphatic heterocycles. The van der Waals surface area contributed by atoms with Crippen molar-refractivity contribution in [3.8, 4) is 17.1 Å². The number of amides is 1. The molecule has 1 atom stereocenters. The zero-order valence-corrected chi connectivity index (χ0v) is 16.3. The Bertz CT molecular complexity index is 1020. The molecule has 0 aliphatic carbocycles. The molecule has 0 saturated carbocycles. The molecule has 0 radical (unpaired) electrons. The topological polar surface area (TPSA) is 80.2 Å². The molecular formula is C21H23N5O2. The zero-order chi connectivity index (χ0) is 19.7. The Labute approximate surface area is 163 Å². The number of nitrogens with one attached hydrogen (secondary N) is 1. The first-order valence-electron chi connectivity index (χ1n) is 9.23. The van der Waals surface area contributed by atoms with E-state index in [2.05, 4.69) is 32.3 Å². The first-order valence-corrected chi connectivity index (χ1v) is 9.23. The molecule has 1 aromatic carbocycles. The molecule has 1 N–H and O–H groups in total. The van der Waals surface area contributed by atoms with Gasteiger partial charge in [-0.05, 0) is 18.2 Å². The molecule has 1 fully saturated rings. The number of aromatic nitrogens is 3. The van der Waals surface area contributed by atoms with Crippen LogP contribution >= 0.6 is 0 Å². The van der Waals surface area contributed by atoms with E-state index in [1.54, 1.807) is 12.4 Å². The molecular weight excluding hydrogens is 354 g/mol. The van der Waals surface area contributed by atoms with Crippen LogP contribution in [0.25, 0.3) is 22.3 Å². The van der Waals surface area contributed by atoms with Gasteiger partial charge in [0.2, 0.25) is 11.8 Å². The average Bonchev–Trinajstić information content (AvgIpc) is 3.05. The number of hydrogen-bond donors (Lipinski definition) is 1. The lowest BCUT2D eigenvalue weighted by molar-refractivity contribution is -0.119. The third-order valence-corrected chi connectivity index (χ3v) is 4.96. The van der Waals surface area contributed by atoms with Crippen molar-refractivity contribution in [3.05, 3.63) is 42.7 Å². The van der Waals surface area contributed by atoms with Crippen LogP contribution in [0.5, 0.6) is 5.88 Å². The van der Waals surface area contributed by atoms with Crippen LogP contribution in [-0.2, 0) is 4.79 Å². The van der Waals surface area contributed by atoms with Crippen LogP contribution in [0.4, 0.5) is 5.69 Å². The molecule has 144 valence electrons. The smallest absolute Gasteiger partial charge is 0.242 e. The molecule has 2 aromatic heterocycles. The summed E-state index contributed by atoms with van der Waals surface area (Å²) < 4.78 is 6.06. The van der Waals surface area contributed by atoms with Crippen LogP contribution in [0, 0.1) is 5.41 Å². The first kappa shape index (κ1) is 18.2. The normalized spacial score (nSPS) is 18.9. The van der Waals surface area contributed by atoms with Crippen molar-refractivity contribution < 1.29 is 9.53 Å². The van der Waals surface area contributed by atoms with Gasteiger partial charge in [-0.15, -0.1) is 0 Å². The summed E-state index contributed by atoms with van der Waals surface area (Å²) in [4.78, 5) is 27.2. The predicted molar refractivity (Wildman–Crippen MR) is 108 cm³/mol. The van der Waals surface area contributed by atoms with E-state index in [0.717, 1.165) is 22.5 Å². The Kier molecular flexibility index (Phi) is 4.58. The van der Waals surface area contributed by atoms with Crippen LogP contribution in [-0.4, -0.2) is 48.1 Å². The maximum absolute atomic E-state index is 11.6. The van der Waals surface area contributed by atoms with Gasteiger partial charge in [0.15, 0.2) is 5.52 Å². The highest BCUT2D eigenvalue weighted by atomic mass is 16.5. The Morgan fingerprint density at radius 1 is 1.18 bits per heavy atom. The van der Waals surface area contributed by atoms with Gasteiger partial charge in [0.1, 0.15) is 0 Å². The SMILES string of the molecule is CN(C)c1ccc(-c2cc3nccnc3c(OC[C@]3(C)CNC(=O)C3)n2)cc1. The second-order valence-electron chi connectivity index (χ2n) is 7.73. The van der Waals surface area contributed by atoms with Crippen LogP contribution in [0.2, 0.25) is 0 Å². The van der Waals surface area contributed by atoms with Crippen LogP contribution in [0.3, 0.4) is 0 Å². The minimum Gasteiger partial charge on any atom is -0.475 e. The van der Waals surface area contributed by atoms with Crippen molar-refractivity contribution in [2.75, 3.05) is 32.1 Å². The number of hydrogen-bond acceptors (Lipinski definition) is 6. The Morgan fingerprint density at radius 2 is 1.93 bits per heavy atom. The molecule has 7 heteroatoms. The largest absolute Gasteiger partial charge is 0.475 e. The molecule has 7 nitrogen and oxygen atoms in total. The van der Waals surface area contributed by atoms with Crippen molar-refractivity contribution in [3.63, 3.8) is 0 Å². The summed E-state index contributed by atoms with van der Waals surface area (Å²) >= 11 is 0. The molecule has 1 aliphatic rings. The molecule has 0 spiro atoms. The summed E-state index contributed by atoms with van der Waals surface area (Å²) in [6.07, 6.45) is 3.74. The number of benzene rings is 1. The number of ether oxygens (including phenoxy) is 1. The van der Waals surface area contributed by atoms with E-state index < -0.39 is 0 Å².